The minimum atomic E-state index is -1.59. The number of benzene rings is 2. The summed E-state index contributed by atoms with van der Waals surface area (Å²) in [5.74, 6) is -1.15. The first-order chi connectivity index (χ1) is 12.0. The normalized spacial score (nSPS) is 10.5. The van der Waals surface area contributed by atoms with Crippen LogP contribution in [0.5, 0.6) is 0 Å². The highest BCUT2D eigenvalue weighted by Crippen LogP contribution is 2.23. The Morgan fingerprint density at radius 2 is 1.79 bits per heavy atom. The van der Waals surface area contributed by atoms with Gasteiger partial charge in [-0.05, 0) is 36.4 Å². The Bertz CT molecular complexity index is 943. The van der Waals surface area contributed by atoms with Crippen molar-refractivity contribution in [1.82, 2.24) is 0 Å². The van der Waals surface area contributed by atoms with Gasteiger partial charge in [-0.2, -0.15) is 0 Å². The van der Waals surface area contributed by atoms with Gasteiger partial charge in [-0.15, -0.1) is 12.6 Å². The molecule has 0 saturated carbocycles. The maximum absolute atomic E-state index is 14.2. The summed E-state index contributed by atoms with van der Waals surface area (Å²) in [5, 5.41) is 2.41. The predicted molar refractivity (Wildman–Crippen MR) is 110 cm³/mol. The Kier molecular flexibility index (Phi) is 10.1. The van der Waals surface area contributed by atoms with E-state index in [1.54, 1.807) is 30.3 Å². The van der Waals surface area contributed by atoms with Crippen LogP contribution in [0.3, 0.4) is 0 Å². The zero-order chi connectivity index (χ0) is 17.8. The van der Waals surface area contributed by atoms with Gasteiger partial charge in [0.2, 0.25) is 0 Å². The van der Waals surface area contributed by atoms with Crippen LogP contribution in [-0.2, 0) is 11.0 Å². The molecule has 3 aromatic rings. The van der Waals surface area contributed by atoms with Crippen molar-refractivity contribution in [1.29, 1.82) is 0 Å². The van der Waals surface area contributed by atoms with Crippen LogP contribution in [0.15, 0.2) is 75.1 Å². The molecule has 11 heteroatoms. The van der Waals surface area contributed by atoms with Crippen molar-refractivity contribution >= 4 is 40.9 Å². The number of nitrogens with one attached hydrogen (secondary N) is 2. The first-order valence-corrected chi connectivity index (χ1v) is 8.75. The van der Waals surface area contributed by atoms with Crippen LogP contribution in [0.25, 0.3) is 0 Å². The Morgan fingerprint density at radius 1 is 1.07 bits per heavy atom. The van der Waals surface area contributed by atoms with Crippen LogP contribution >= 0.6 is 12.6 Å². The summed E-state index contributed by atoms with van der Waals surface area (Å²) in [6.07, 6.45) is 1.35. The minimum absolute atomic E-state index is 0. The molecule has 1 unspecified atom stereocenters. The zero-order valence-electron chi connectivity index (χ0n) is 14.2. The highest BCUT2D eigenvalue weighted by atomic mass is 32.2. The molecule has 0 aliphatic carbocycles. The molecule has 0 spiro atoms. The molecule has 3 rings (SSSR count). The first-order valence-electron chi connectivity index (χ1n) is 7.15. The molecule has 1 heterocycles. The number of furan rings is 1. The average Bonchev–Trinajstić information content (AvgIpc) is 3.12. The van der Waals surface area contributed by atoms with Crippen molar-refractivity contribution in [3.63, 3.8) is 0 Å². The number of hydrogen-bond donors (Lipinski definition) is 3. The third-order valence-electron chi connectivity index (χ3n) is 3.24. The molecule has 1 atom stereocenters. The lowest BCUT2D eigenvalue weighted by Crippen LogP contribution is -2.12. The standard InChI is InChI=1S/C17H13FN2O3S2.3H2O.H2/c18-12-10-11(20-25(22)16-6-2-1-5-15(16)24)7-8-13(12)19-17(21)14-4-3-9-23-14;;;;/h1-10,20,24H,(H,19,21);3*1H2;1H. The second-order valence-electron chi connectivity index (χ2n) is 4.96. The summed E-state index contributed by atoms with van der Waals surface area (Å²) < 4.78 is 34.1. The molecule has 28 heavy (non-hydrogen) atoms. The van der Waals surface area contributed by atoms with Crippen molar-refractivity contribution in [2.75, 3.05) is 10.0 Å². The van der Waals surface area contributed by atoms with Gasteiger partial charge in [0.25, 0.3) is 5.91 Å². The number of rotatable bonds is 5. The molecule has 154 valence electrons. The van der Waals surface area contributed by atoms with E-state index < -0.39 is 22.7 Å². The van der Waals surface area contributed by atoms with E-state index in [9.17, 15) is 13.4 Å². The maximum atomic E-state index is 14.2. The number of halogens is 1. The molecule has 0 aliphatic heterocycles. The van der Waals surface area contributed by atoms with Gasteiger partial charge >= 0.3 is 0 Å². The van der Waals surface area contributed by atoms with Crippen LogP contribution in [0.1, 0.15) is 12.0 Å². The minimum Gasteiger partial charge on any atom is -0.459 e. The summed E-state index contributed by atoms with van der Waals surface area (Å²) >= 11 is 4.24. The van der Waals surface area contributed by atoms with E-state index in [0.29, 0.717) is 15.5 Å². The Labute approximate surface area is 169 Å². The molecule has 8 N–H and O–H groups in total. The number of amides is 1. The lowest BCUT2D eigenvalue weighted by atomic mass is 10.2. The fourth-order valence-electron chi connectivity index (χ4n) is 2.05. The van der Waals surface area contributed by atoms with Gasteiger partial charge in [-0.3, -0.25) is 4.79 Å². The summed E-state index contributed by atoms with van der Waals surface area (Å²) in [5.41, 5.74) is 0.302. The van der Waals surface area contributed by atoms with E-state index in [2.05, 4.69) is 22.7 Å². The molecule has 0 fully saturated rings. The number of anilines is 2. The third-order valence-corrected chi connectivity index (χ3v) is 4.96. The molecular weight excluding hydrogens is 411 g/mol. The van der Waals surface area contributed by atoms with E-state index in [1.807, 2.05) is 0 Å². The molecule has 8 nitrogen and oxygen atoms in total. The van der Waals surface area contributed by atoms with Crippen LogP contribution < -0.4 is 10.0 Å². The van der Waals surface area contributed by atoms with Crippen molar-refractivity contribution in [3.05, 3.63) is 72.4 Å². The fraction of sp³-hybridized carbons (Fsp3) is 0. The third kappa shape index (κ3) is 5.90. The molecule has 1 aromatic heterocycles. The highest BCUT2D eigenvalue weighted by Gasteiger charge is 2.13. The quantitative estimate of drug-likeness (QED) is 0.525. The summed E-state index contributed by atoms with van der Waals surface area (Å²) in [6, 6.07) is 14.0. The number of thiol groups is 1. The smallest absolute Gasteiger partial charge is 0.291 e. The van der Waals surface area contributed by atoms with Crippen LogP contribution in [0.2, 0.25) is 0 Å². The van der Waals surface area contributed by atoms with Crippen LogP contribution in [-0.4, -0.2) is 26.5 Å². The Morgan fingerprint density at radius 3 is 2.39 bits per heavy atom. The second kappa shape index (κ2) is 11.2. The van der Waals surface area contributed by atoms with Gasteiger partial charge in [0.1, 0.15) is 5.82 Å². The van der Waals surface area contributed by atoms with Gasteiger partial charge in [-0.25, -0.2) is 8.60 Å². The molecule has 0 saturated heterocycles. The Hall–Kier alpha value is -2.70. The fourth-order valence-corrected chi connectivity index (χ4v) is 3.37. The molecule has 0 aliphatic rings. The van der Waals surface area contributed by atoms with Gasteiger partial charge in [0.15, 0.2) is 16.7 Å². The number of carbonyl (C=O) groups excluding carboxylic acids is 1. The average molecular weight is 432 g/mol. The molecular formula is C17H21FN2O6S2. The SMILES string of the molecule is O.O.O.O=C(Nc1ccc(NS(=O)c2ccccc2S)cc1F)c1ccco1.[HH]. The zero-order valence-corrected chi connectivity index (χ0v) is 15.9. The van der Waals surface area contributed by atoms with Crippen LogP contribution in [0.4, 0.5) is 15.8 Å². The Balaban J connectivity index is 0. The number of carbonyl (C=O) groups is 1. The summed E-state index contributed by atoms with van der Waals surface area (Å²) in [4.78, 5) is 12.9. The first kappa shape index (κ1) is 25.3. The van der Waals surface area contributed by atoms with Crippen molar-refractivity contribution in [3.8, 4) is 0 Å². The van der Waals surface area contributed by atoms with Gasteiger partial charge in [0, 0.05) is 18.1 Å². The van der Waals surface area contributed by atoms with Crippen molar-refractivity contribution < 1.29 is 35.7 Å². The summed E-state index contributed by atoms with van der Waals surface area (Å²) in [6.45, 7) is 0. The predicted octanol–water partition coefficient (Wildman–Crippen LogP) is 1.87. The van der Waals surface area contributed by atoms with E-state index in [0.717, 1.165) is 6.07 Å². The van der Waals surface area contributed by atoms with E-state index >= 15 is 0 Å². The summed E-state index contributed by atoms with van der Waals surface area (Å²) in [7, 11) is -1.59. The highest BCUT2D eigenvalue weighted by molar-refractivity contribution is 7.87. The van der Waals surface area contributed by atoms with Gasteiger partial charge < -0.3 is 30.9 Å². The monoisotopic (exact) mass is 432 g/mol. The second-order valence-corrected chi connectivity index (χ2v) is 6.63. The lowest BCUT2D eigenvalue weighted by Gasteiger charge is -2.10. The van der Waals surface area contributed by atoms with Gasteiger partial charge in [-0.1, -0.05) is 12.1 Å². The molecule has 0 bridgehead atoms. The molecule has 2 aromatic carbocycles. The van der Waals surface area contributed by atoms with Crippen molar-refractivity contribution in [2.24, 2.45) is 0 Å². The van der Waals surface area contributed by atoms with E-state index in [1.165, 1.54) is 24.5 Å². The van der Waals surface area contributed by atoms with Gasteiger partial charge in [0.05, 0.1) is 16.8 Å². The molecule has 0 radical (unpaired) electrons. The van der Waals surface area contributed by atoms with Crippen LogP contribution in [0, 0.1) is 5.82 Å². The maximum Gasteiger partial charge on any atom is 0.291 e. The number of hydrogen-bond acceptors (Lipinski definition) is 4. The van der Waals surface area contributed by atoms with E-state index in [-0.39, 0.29) is 29.3 Å². The molecule has 1 amide bonds. The largest absolute Gasteiger partial charge is 0.459 e. The van der Waals surface area contributed by atoms with Crippen molar-refractivity contribution in [2.45, 2.75) is 9.79 Å². The van der Waals surface area contributed by atoms with E-state index in [4.69, 9.17) is 4.42 Å². The topological polar surface area (TPSA) is 166 Å². The lowest BCUT2D eigenvalue weighted by molar-refractivity contribution is 0.0996.